The lowest BCUT2D eigenvalue weighted by Crippen LogP contribution is -2.50. The number of benzene rings is 1. The predicted octanol–water partition coefficient (Wildman–Crippen LogP) is 4.69. The fraction of sp³-hybridized carbons (Fsp3) is 0.409. The molecule has 0 spiro atoms. The first-order chi connectivity index (χ1) is 15.1. The zero-order chi connectivity index (χ0) is 23.5. The van der Waals surface area contributed by atoms with Crippen molar-refractivity contribution in [2.24, 2.45) is 0 Å². The number of hydrogen-bond acceptors (Lipinski definition) is 5. The van der Waals surface area contributed by atoms with Crippen LogP contribution in [0.2, 0.25) is 0 Å². The van der Waals surface area contributed by atoms with Crippen molar-refractivity contribution in [2.45, 2.75) is 33.0 Å². The van der Waals surface area contributed by atoms with Gasteiger partial charge >= 0.3 is 6.09 Å². The molecule has 0 bridgehead atoms. The molecular weight excluding hydrogens is 425 g/mol. The summed E-state index contributed by atoms with van der Waals surface area (Å²) in [6.07, 6.45) is -0.458. The Balaban J connectivity index is 1.68. The van der Waals surface area contributed by atoms with Gasteiger partial charge < -0.3 is 19.3 Å². The highest BCUT2D eigenvalue weighted by Crippen LogP contribution is 2.26. The topological polar surface area (TPSA) is 59.3 Å². The van der Waals surface area contributed by atoms with E-state index in [1.807, 2.05) is 0 Å². The molecule has 1 aromatic heterocycles. The Morgan fingerprint density at radius 3 is 2.38 bits per heavy atom. The van der Waals surface area contributed by atoms with E-state index in [2.05, 4.69) is 9.83 Å². The summed E-state index contributed by atoms with van der Waals surface area (Å²) in [6.45, 7) is 12.9. The maximum absolute atomic E-state index is 14.4. The SMILES string of the molecule is [C-]#[N+]c1ccc(COc2nc(N3CCN(C(=O)OC(C)(C)C)CC3)c(F)cc2F)c(F)c1. The fourth-order valence-corrected chi connectivity index (χ4v) is 3.06. The number of rotatable bonds is 4. The number of pyridine rings is 1. The Morgan fingerprint density at radius 1 is 1.09 bits per heavy atom. The van der Waals surface area contributed by atoms with Crippen molar-refractivity contribution >= 4 is 17.6 Å². The van der Waals surface area contributed by atoms with Crippen LogP contribution in [-0.4, -0.2) is 47.8 Å². The quantitative estimate of drug-likeness (QED) is 0.636. The van der Waals surface area contributed by atoms with Crippen LogP contribution in [0.1, 0.15) is 26.3 Å². The van der Waals surface area contributed by atoms with Gasteiger partial charge in [-0.2, -0.15) is 4.98 Å². The lowest BCUT2D eigenvalue weighted by Gasteiger charge is -2.36. The summed E-state index contributed by atoms with van der Waals surface area (Å²) in [5, 5.41) is 0. The van der Waals surface area contributed by atoms with Crippen molar-refractivity contribution in [3.8, 4) is 5.88 Å². The molecule has 0 atom stereocenters. The number of anilines is 1. The normalized spacial score (nSPS) is 14.2. The first-order valence-electron chi connectivity index (χ1n) is 9.95. The third-order valence-corrected chi connectivity index (χ3v) is 4.64. The number of carbonyl (C=O) groups is 1. The summed E-state index contributed by atoms with van der Waals surface area (Å²) >= 11 is 0. The molecule has 1 aliphatic rings. The average Bonchev–Trinajstić information content (AvgIpc) is 2.73. The highest BCUT2D eigenvalue weighted by molar-refractivity contribution is 5.68. The number of ether oxygens (including phenoxy) is 2. The van der Waals surface area contributed by atoms with E-state index in [0.717, 1.165) is 6.07 Å². The van der Waals surface area contributed by atoms with Gasteiger partial charge in [-0.15, -0.1) is 0 Å². The van der Waals surface area contributed by atoms with Crippen LogP contribution < -0.4 is 9.64 Å². The van der Waals surface area contributed by atoms with Crippen molar-refractivity contribution in [3.63, 3.8) is 0 Å². The number of nitrogens with zero attached hydrogens (tertiary/aromatic N) is 4. The van der Waals surface area contributed by atoms with Crippen LogP contribution in [-0.2, 0) is 11.3 Å². The van der Waals surface area contributed by atoms with Crippen LogP contribution in [0.15, 0.2) is 24.3 Å². The highest BCUT2D eigenvalue weighted by Gasteiger charge is 2.28. The standard InChI is InChI=1S/C22H23F3N4O3/c1-22(2,3)32-21(30)29-9-7-28(8-10-29)19-17(24)12-18(25)20(27-19)31-13-14-5-6-15(26-4)11-16(14)23/h5-6,11-12H,7-10,13H2,1-3H3. The molecule has 7 nitrogen and oxygen atoms in total. The molecule has 1 aromatic carbocycles. The van der Waals surface area contributed by atoms with E-state index >= 15 is 0 Å². The summed E-state index contributed by atoms with van der Waals surface area (Å²) in [4.78, 5) is 22.4. The molecule has 2 aromatic rings. The van der Waals surface area contributed by atoms with E-state index < -0.39 is 35.0 Å². The minimum atomic E-state index is -1.02. The Bertz CT molecular complexity index is 1040. The molecule has 1 saturated heterocycles. The van der Waals surface area contributed by atoms with Crippen LogP contribution in [0, 0.1) is 24.0 Å². The summed E-state index contributed by atoms with van der Waals surface area (Å²) in [6, 6.07) is 4.49. The Kier molecular flexibility index (Phi) is 6.77. The second kappa shape index (κ2) is 9.34. The molecule has 1 amide bonds. The second-order valence-electron chi connectivity index (χ2n) is 8.21. The van der Waals surface area contributed by atoms with Crippen LogP contribution in [0.25, 0.3) is 4.85 Å². The van der Waals surface area contributed by atoms with Gasteiger partial charge in [0.15, 0.2) is 23.1 Å². The van der Waals surface area contributed by atoms with Crippen LogP contribution in [0.5, 0.6) is 5.88 Å². The lowest BCUT2D eigenvalue weighted by atomic mass is 10.2. The molecule has 0 radical (unpaired) electrons. The van der Waals surface area contributed by atoms with E-state index in [-0.39, 0.29) is 49.9 Å². The zero-order valence-corrected chi connectivity index (χ0v) is 18.0. The van der Waals surface area contributed by atoms with Crippen molar-refractivity contribution in [2.75, 3.05) is 31.1 Å². The zero-order valence-electron chi connectivity index (χ0n) is 18.0. The van der Waals surface area contributed by atoms with Gasteiger partial charge in [-0.1, -0.05) is 12.1 Å². The number of halogens is 3. The van der Waals surface area contributed by atoms with E-state index in [1.165, 1.54) is 17.0 Å². The largest absolute Gasteiger partial charge is 0.471 e. The van der Waals surface area contributed by atoms with E-state index in [0.29, 0.717) is 6.07 Å². The number of piperazine rings is 1. The molecule has 0 unspecified atom stereocenters. The first-order valence-corrected chi connectivity index (χ1v) is 9.95. The molecule has 170 valence electrons. The minimum absolute atomic E-state index is 0.107. The number of aromatic nitrogens is 1. The average molecular weight is 448 g/mol. The van der Waals surface area contributed by atoms with Gasteiger partial charge in [0.1, 0.15) is 18.0 Å². The fourth-order valence-electron chi connectivity index (χ4n) is 3.06. The Labute approximate surface area is 184 Å². The van der Waals surface area contributed by atoms with Crippen molar-refractivity contribution < 1.29 is 27.4 Å². The summed E-state index contributed by atoms with van der Waals surface area (Å²) in [5.41, 5.74) is -0.387. The molecule has 2 heterocycles. The van der Waals surface area contributed by atoms with Crippen molar-refractivity contribution in [3.05, 3.63) is 58.7 Å². The van der Waals surface area contributed by atoms with Gasteiger partial charge in [0.05, 0.1) is 6.57 Å². The first kappa shape index (κ1) is 23.2. The summed E-state index contributed by atoms with van der Waals surface area (Å²) in [5.74, 6) is -3.14. The number of amides is 1. The number of carbonyl (C=O) groups excluding carboxylic acids is 1. The van der Waals surface area contributed by atoms with Crippen molar-refractivity contribution in [1.29, 1.82) is 0 Å². The Hall–Kier alpha value is -3.48. The molecular formula is C22H23F3N4O3. The van der Waals surface area contributed by atoms with Gasteiger partial charge in [-0.3, -0.25) is 0 Å². The van der Waals surface area contributed by atoms with Gasteiger partial charge in [-0.05, 0) is 26.8 Å². The van der Waals surface area contributed by atoms with Gasteiger partial charge in [0, 0.05) is 37.8 Å². The monoisotopic (exact) mass is 448 g/mol. The summed E-state index contributed by atoms with van der Waals surface area (Å²) in [7, 11) is 0. The molecule has 32 heavy (non-hydrogen) atoms. The highest BCUT2D eigenvalue weighted by atomic mass is 19.1. The Morgan fingerprint density at radius 2 is 1.78 bits per heavy atom. The molecule has 3 rings (SSSR count). The van der Waals surface area contributed by atoms with Gasteiger partial charge in [0.2, 0.25) is 0 Å². The van der Waals surface area contributed by atoms with Gasteiger partial charge in [0.25, 0.3) is 5.88 Å². The molecule has 0 aliphatic carbocycles. The lowest BCUT2D eigenvalue weighted by molar-refractivity contribution is 0.0240. The summed E-state index contributed by atoms with van der Waals surface area (Å²) < 4.78 is 53.3. The molecule has 1 fully saturated rings. The third-order valence-electron chi connectivity index (χ3n) is 4.64. The van der Waals surface area contributed by atoms with Crippen LogP contribution >= 0.6 is 0 Å². The van der Waals surface area contributed by atoms with Crippen molar-refractivity contribution in [1.82, 2.24) is 9.88 Å². The maximum Gasteiger partial charge on any atom is 0.410 e. The third kappa shape index (κ3) is 5.60. The van der Waals surface area contributed by atoms with Gasteiger partial charge in [-0.25, -0.2) is 22.8 Å². The number of hydrogen-bond donors (Lipinski definition) is 0. The molecule has 1 aliphatic heterocycles. The molecule has 10 heteroatoms. The second-order valence-corrected chi connectivity index (χ2v) is 8.21. The van der Waals surface area contributed by atoms with E-state index in [1.54, 1.807) is 25.7 Å². The van der Waals surface area contributed by atoms with E-state index in [4.69, 9.17) is 16.0 Å². The van der Waals surface area contributed by atoms with Crippen LogP contribution in [0.4, 0.5) is 29.5 Å². The van der Waals surface area contributed by atoms with Crippen LogP contribution in [0.3, 0.4) is 0 Å². The predicted molar refractivity (Wildman–Crippen MR) is 111 cm³/mol. The minimum Gasteiger partial charge on any atom is -0.471 e. The maximum atomic E-state index is 14.4. The smallest absolute Gasteiger partial charge is 0.410 e. The molecule has 0 N–H and O–H groups in total. The molecule has 0 saturated carbocycles. The van der Waals surface area contributed by atoms with E-state index in [9.17, 15) is 18.0 Å².